The fourth-order valence-corrected chi connectivity index (χ4v) is 3.42. The van der Waals surface area contributed by atoms with Crippen LogP contribution in [0, 0.1) is 0 Å². The van der Waals surface area contributed by atoms with Crippen molar-refractivity contribution >= 4 is 64.7 Å². The maximum absolute atomic E-state index is 12.5. The topological polar surface area (TPSA) is 61.7 Å². The second kappa shape index (κ2) is 9.66. The highest BCUT2D eigenvalue weighted by Gasteiger charge is 2.23. The summed E-state index contributed by atoms with van der Waals surface area (Å²) >= 11 is 12.1. The minimum atomic E-state index is 0. The van der Waals surface area contributed by atoms with Crippen molar-refractivity contribution in [2.75, 3.05) is 25.0 Å². The van der Waals surface area contributed by atoms with Crippen molar-refractivity contribution in [3.63, 3.8) is 0 Å². The molecule has 2 N–H and O–H groups in total. The van der Waals surface area contributed by atoms with Gasteiger partial charge in [-0.1, -0.05) is 41.4 Å². The SMILES string of the molecule is CN=C(NCC(=O)N1CCc2ccccc21)NCc1cc(Cl)c(Cl)n1C.I. The monoisotopic (exact) mass is 521 g/mol. The molecule has 0 bridgehead atoms. The molecule has 0 fully saturated rings. The number of aliphatic imine (C=N–C) groups is 1. The molecule has 146 valence electrons. The van der Waals surface area contributed by atoms with E-state index in [1.54, 1.807) is 17.7 Å². The van der Waals surface area contributed by atoms with Gasteiger partial charge in [0.25, 0.3) is 0 Å². The first-order valence-electron chi connectivity index (χ1n) is 8.33. The van der Waals surface area contributed by atoms with Gasteiger partial charge in [0, 0.05) is 32.0 Å². The van der Waals surface area contributed by atoms with Crippen molar-refractivity contribution in [3.8, 4) is 0 Å². The predicted octanol–water partition coefficient (Wildman–Crippen LogP) is 3.20. The third-order valence-corrected chi connectivity index (χ3v) is 5.31. The summed E-state index contributed by atoms with van der Waals surface area (Å²) in [5, 5.41) is 7.23. The Bertz CT molecular complexity index is 852. The summed E-state index contributed by atoms with van der Waals surface area (Å²) in [7, 11) is 3.51. The molecular formula is C18H22Cl2IN5O. The van der Waals surface area contributed by atoms with Gasteiger partial charge in [0.05, 0.1) is 18.1 Å². The van der Waals surface area contributed by atoms with Gasteiger partial charge in [0.1, 0.15) is 5.15 Å². The van der Waals surface area contributed by atoms with Crippen LogP contribution in [0.1, 0.15) is 11.3 Å². The van der Waals surface area contributed by atoms with Crippen molar-refractivity contribution in [1.82, 2.24) is 15.2 Å². The van der Waals surface area contributed by atoms with Gasteiger partial charge >= 0.3 is 0 Å². The zero-order valence-corrected chi connectivity index (χ0v) is 19.0. The molecule has 1 aromatic heterocycles. The number of nitrogens with zero attached hydrogens (tertiary/aromatic N) is 3. The molecule has 0 radical (unpaired) electrons. The third kappa shape index (κ3) is 4.89. The second-order valence-electron chi connectivity index (χ2n) is 6.04. The Labute approximate surface area is 185 Å². The Morgan fingerprint density at radius 1 is 1.26 bits per heavy atom. The first kappa shape index (κ1) is 21.8. The van der Waals surface area contributed by atoms with Crippen molar-refractivity contribution in [1.29, 1.82) is 0 Å². The molecule has 1 aromatic carbocycles. The molecule has 9 heteroatoms. The number of hydrogen-bond acceptors (Lipinski definition) is 2. The number of halogens is 3. The Morgan fingerprint density at radius 2 is 2.00 bits per heavy atom. The van der Waals surface area contributed by atoms with Crippen molar-refractivity contribution in [2.45, 2.75) is 13.0 Å². The van der Waals surface area contributed by atoms with Crippen LogP contribution in [0.15, 0.2) is 35.3 Å². The molecular weight excluding hydrogens is 500 g/mol. The largest absolute Gasteiger partial charge is 0.351 e. The average molecular weight is 522 g/mol. The van der Waals surface area contributed by atoms with Gasteiger partial charge in [0.15, 0.2) is 5.96 Å². The highest BCUT2D eigenvalue weighted by molar-refractivity contribution is 14.0. The van der Waals surface area contributed by atoms with Gasteiger partial charge in [-0.05, 0) is 24.1 Å². The van der Waals surface area contributed by atoms with Crippen LogP contribution >= 0.6 is 47.2 Å². The molecule has 0 spiro atoms. The molecule has 0 unspecified atom stereocenters. The van der Waals surface area contributed by atoms with Crippen molar-refractivity contribution < 1.29 is 4.79 Å². The van der Waals surface area contributed by atoms with Crippen LogP contribution in [0.4, 0.5) is 5.69 Å². The maximum atomic E-state index is 12.5. The number of para-hydroxylation sites is 1. The molecule has 1 aliphatic heterocycles. The number of carbonyl (C=O) groups is 1. The van der Waals surface area contributed by atoms with Gasteiger partial charge in [-0.25, -0.2) is 0 Å². The number of amides is 1. The van der Waals surface area contributed by atoms with E-state index in [0.717, 1.165) is 17.8 Å². The Hall–Kier alpha value is -1.45. The van der Waals surface area contributed by atoms with E-state index in [4.69, 9.17) is 23.2 Å². The smallest absolute Gasteiger partial charge is 0.246 e. The summed E-state index contributed by atoms with van der Waals surface area (Å²) in [4.78, 5) is 18.5. The van der Waals surface area contributed by atoms with Crippen LogP contribution in [-0.2, 0) is 24.8 Å². The summed E-state index contributed by atoms with van der Waals surface area (Å²) < 4.78 is 1.80. The summed E-state index contributed by atoms with van der Waals surface area (Å²) in [6.45, 7) is 1.37. The molecule has 0 saturated carbocycles. The summed E-state index contributed by atoms with van der Waals surface area (Å²) in [6, 6.07) is 9.80. The lowest BCUT2D eigenvalue weighted by Gasteiger charge is -2.19. The molecule has 6 nitrogen and oxygen atoms in total. The number of carbonyl (C=O) groups excluding carboxylic acids is 1. The highest BCUT2D eigenvalue weighted by atomic mass is 127. The zero-order chi connectivity index (χ0) is 18.7. The fraction of sp³-hybridized carbons (Fsp3) is 0.333. The van der Waals surface area contributed by atoms with Crippen LogP contribution < -0.4 is 15.5 Å². The van der Waals surface area contributed by atoms with E-state index in [2.05, 4.69) is 21.7 Å². The Balaban J connectivity index is 0.00000261. The van der Waals surface area contributed by atoms with Gasteiger partial charge in [-0.3, -0.25) is 9.79 Å². The second-order valence-corrected chi connectivity index (χ2v) is 6.80. The minimum absolute atomic E-state index is 0. The Kier molecular flexibility index (Phi) is 7.81. The average Bonchev–Trinajstić information content (AvgIpc) is 3.19. The van der Waals surface area contributed by atoms with Gasteiger partial charge < -0.3 is 20.1 Å². The molecule has 2 aromatic rings. The fourth-order valence-electron chi connectivity index (χ4n) is 3.01. The third-order valence-electron chi connectivity index (χ3n) is 4.47. The predicted molar refractivity (Wildman–Crippen MR) is 122 cm³/mol. The first-order valence-corrected chi connectivity index (χ1v) is 9.09. The molecule has 1 amide bonds. The number of hydrogen-bond donors (Lipinski definition) is 2. The maximum Gasteiger partial charge on any atom is 0.246 e. The van der Waals surface area contributed by atoms with Crippen molar-refractivity contribution in [3.05, 3.63) is 51.8 Å². The molecule has 27 heavy (non-hydrogen) atoms. The number of fused-ring (bicyclic) bond motifs is 1. The van der Waals surface area contributed by atoms with Gasteiger partial charge in [0.2, 0.25) is 5.91 Å². The van der Waals surface area contributed by atoms with Crippen LogP contribution in [0.25, 0.3) is 0 Å². The van der Waals surface area contributed by atoms with E-state index in [-0.39, 0.29) is 36.4 Å². The number of aromatic nitrogens is 1. The molecule has 3 rings (SSSR count). The van der Waals surface area contributed by atoms with E-state index < -0.39 is 0 Å². The summed E-state index contributed by atoms with van der Waals surface area (Å²) in [5.41, 5.74) is 3.12. The highest BCUT2D eigenvalue weighted by Crippen LogP contribution is 2.27. The minimum Gasteiger partial charge on any atom is -0.351 e. The quantitative estimate of drug-likeness (QED) is 0.369. The van der Waals surface area contributed by atoms with Crippen LogP contribution in [0.2, 0.25) is 10.2 Å². The Morgan fingerprint density at radius 3 is 2.67 bits per heavy atom. The summed E-state index contributed by atoms with van der Waals surface area (Å²) in [5.74, 6) is 0.558. The van der Waals surface area contributed by atoms with E-state index in [1.807, 2.05) is 30.1 Å². The summed E-state index contributed by atoms with van der Waals surface area (Å²) in [6.07, 6.45) is 0.893. The van der Waals surface area contributed by atoms with E-state index >= 15 is 0 Å². The number of benzene rings is 1. The lowest BCUT2D eigenvalue weighted by Crippen LogP contribution is -2.44. The first-order chi connectivity index (χ1) is 12.5. The van der Waals surface area contributed by atoms with E-state index in [9.17, 15) is 4.79 Å². The number of nitrogens with one attached hydrogen (secondary N) is 2. The standard InChI is InChI=1S/C18H21Cl2N5O.HI/c1-21-18(22-10-13-9-14(19)17(20)24(13)2)23-11-16(26)25-8-7-12-5-3-4-6-15(12)25;/h3-6,9H,7-8,10-11H2,1-2H3,(H2,21,22,23);1H. The lowest BCUT2D eigenvalue weighted by atomic mass is 10.2. The van der Waals surface area contributed by atoms with Crippen molar-refractivity contribution in [2.24, 2.45) is 12.0 Å². The normalized spacial score (nSPS) is 13.2. The molecule has 2 heterocycles. The van der Waals surface area contributed by atoms with Gasteiger partial charge in [-0.2, -0.15) is 0 Å². The molecule has 0 saturated heterocycles. The number of guanidine groups is 1. The van der Waals surface area contributed by atoms with Crippen LogP contribution in [0.3, 0.4) is 0 Å². The molecule has 0 aliphatic carbocycles. The number of anilines is 1. The van der Waals surface area contributed by atoms with E-state index in [1.165, 1.54) is 5.56 Å². The molecule has 0 atom stereocenters. The zero-order valence-electron chi connectivity index (χ0n) is 15.1. The van der Waals surface area contributed by atoms with Crippen LogP contribution in [0.5, 0.6) is 0 Å². The number of rotatable bonds is 4. The van der Waals surface area contributed by atoms with Gasteiger partial charge in [-0.15, -0.1) is 24.0 Å². The van der Waals surface area contributed by atoms with E-state index in [0.29, 0.717) is 29.2 Å². The molecule has 1 aliphatic rings. The van der Waals surface area contributed by atoms with Crippen LogP contribution in [-0.4, -0.2) is 36.6 Å². The lowest BCUT2D eigenvalue weighted by molar-refractivity contribution is -0.117.